The molecule has 5 nitrogen and oxygen atoms in total. The quantitative estimate of drug-likeness (QED) is 0.545. The molecular weight excluding hydrogens is 198 g/mol. The van der Waals surface area contributed by atoms with Crippen LogP contribution >= 0.6 is 0 Å². The minimum absolute atomic E-state index is 0.104. The number of ether oxygens (including phenoxy) is 2. The molecule has 5 heteroatoms. The lowest BCUT2D eigenvalue weighted by molar-refractivity contribution is -0.544. The van der Waals surface area contributed by atoms with E-state index in [4.69, 9.17) is 9.47 Å². The summed E-state index contributed by atoms with van der Waals surface area (Å²) in [4.78, 5) is 10.1. The molecule has 1 aliphatic heterocycles. The first-order chi connectivity index (χ1) is 7.27. The molecule has 0 saturated carbocycles. The van der Waals surface area contributed by atoms with Crippen molar-refractivity contribution >= 4 is 0 Å². The van der Waals surface area contributed by atoms with E-state index >= 15 is 0 Å². The summed E-state index contributed by atoms with van der Waals surface area (Å²) >= 11 is 0. The summed E-state index contributed by atoms with van der Waals surface area (Å²) in [5, 5.41) is 10.4. The zero-order chi connectivity index (χ0) is 10.7. The molecule has 1 aromatic rings. The Morgan fingerprint density at radius 1 is 1.20 bits per heavy atom. The predicted octanol–water partition coefficient (Wildman–Crippen LogP) is 1.38. The molecule has 0 N–H and O–H groups in total. The Hall–Kier alpha value is -1.46. The maximum Gasteiger partial charge on any atom is 0.259 e. The predicted molar refractivity (Wildman–Crippen MR) is 51.9 cm³/mol. The molecule has 15 heavy (non-hydrogen) atoms. The fraction of sp³-hybridized carbons (Fsp3) is 0.400. The Morgan fingerprint density at radius 3 is 2.33 bits per heavy atom. The Labute approximate surface area is 86.8 Å². The first kappa shape index (κ1) is 10.1. The van der Waals surface area contributed by atoms with E-state index in [2.05, 4.69) is 0 Å². The highest BCUT2D eigenvalue weighted by molar-refractivity contribution is 5.16. The van der Waals surface area contributed by atoms with Crippen molar-refractivity contribution in [2.45, 2.75) is 12.3 Å². The van der Waals surface area contributed by atoms with E-state index in [-0.39, 0.29) is 18.1 Å². The number of nitro groups is 1. The van der Waals surface area contributed by atoms with E-state index in [9.17, 15) is 10.1 Å². The van der Waals surface area contributed by atoms with Crippen LogP contribution in [0.15, 0.2) is 30.3 Å². The maximum absolute atomic E-state index is 10.4. The first-order valence-electron chi connectivity index (χ1n) is 4.69. The summed E-state index contributed by atoms with van der Waals surface area (Å²) in [5.74, 6) is 0. The van der Waals surface area contributed by atoms with Crippen molar-refractivity contribution in [1.82, 2.24) is 0 Å². The summed E-state index contributed by atoms with van der Waals surface area (Å²) < 4.78 is 10.5. The molecule has 1 saturated heterocycles. The molecular formula is C10H11NO4. The van der Waals surface area contributed by atoms with E-state index in [0.29, 0.717) is 0 Å². The van der Waals surface area contributed by atoms with Gasteiger partial charge in [-0.05, 0) is 0 Å². The van der Waals surface area contributed by atoms with Crippen molar-refractivity contribution in [2.24, 2.45) is 0 Å². The van der Waals surface area contributed by atoms with E-state index in [1.54, 1.807) is 0 Å². The van der Waals surface area contributed by atoms with Crippen LogP contribution in [0.4, 0.5) is 0 Å². The lowest BCUT2D eigenvalue weighted by Crippen LogP contribution is -2.37. The van der Waals surface area contributed by atoms with Gasteiger partial charge in [0.25, 0.3) is 6.04 Å². The van der Waals surface area contributed by atoms with Gasteiger partial charge in [0, 0.05) is 10.5 Å². The third-order valence-corrected chi connectivity index (χ3v) is 2.25. The SMILES string of the molecule is O=[N+]([O-])C1COC(c2ccccc2)OC1. The molecule has 1 aliphatic rings. The van der Waals surface area contributed by atoms with Gasteiger partial charge >= 0.3 is 0 Å². The van der Waals surface area contributed by atoms with E-state index in [0.717, 1.165) is 5.56 Å². The number of hydrogen-bond acceptors (Lipinski definition) is 4. The first-order valence-corrected chi connectivity index (χ1v) is 4.69. The Morgan fingerprint density at radius 2 is 1.80 bits per heavy atom. The van der Waals surface area contributed by atoms with Crippen LogP contribution in [0.2, 0.25) is 0 Å². The van der Waals surface area contributed by atoms with Crippen LogP contribution in [0.3, 0.4) is 0 Å². The maximum atomic E-state index is 10.4. The van der Waals surface area contributed by atoms with Crippen LogP contribution in [-0.4, -0.2) is 24.2 Å². The van der Waals surface area contributed by atoms with Gasteiger partial charge in [-0.15, -0.1) is 0 Å². The second-order valence-electron chi connectivity index (χ2n) is 3.35. The minimum atomic E-state index is -0.745. The van der Waals surface area contributed by atoms with Crippen LogP contribution in [0.25, 0.3) is 0 Å². The van der Waals surface area contributed by atoms with Crippen LogP contribution in [0, 0.1) is 10.1 Å². The number of nitrogens with zero attached hydrogens (tertiary/aromatic N) is 1. The van der Waals surface area contributed by atoms with Crippen LogP contribution in [-0.2, 0) is 9.47 Å². The van der Waals surface area contributed by atoms with Gasteiger partial charge in [-0.2, -0.15) is 0 Å². The number of rotatable bonds is 2. The zero-order valence-corrected chi connectivity index (χ0v) is 8.04. The van der Waals surface area contributed by atoms with Crippen molar-refractivity contribution in [3.63, 3.8) is 0 Å². The topological polar surface area (TPSA) is 61.6 Å². The average Bonchev–Trinajstić information content (AvgIpc) is 2.30. The molecule has 0 aromatic heterocycles. The standard InChI is InChI=1S/C10H11NO4/c12-11(13)9-6-14-10(15-7-9)8-4-2-1-3-5-8/h1-5,9-10H,6-7H2. The Bertz CT molecular complexity index is 333. The second kappa shape index (κ2) is 4.37. The van der Waals surface area contributed by atoms with Gasteiger partial charge in [0.2, 0.25) is 0 Å². The monoisotopic (exact) mass is 209 g/mol. The van der Waals surface area contributed by atoms with Crippen molar-refractivity contribution in [3.8, 4) is 0 Å². The van der Waals surface area contributed by atoms with Gasteiger partial charge in [0.15, 0.2) is 6.29 Å². The molecule has 0 aliphatic carbocycles. The van der Waals surface area contributed by atoms with Crippen LogP contribution in [0.1, 0.15) is 11.9 Å². The zero-order valence-electron chi connectivity index (χ0n) is 8.04. The molecule has 0 bridgehead atoms. The third-order valence-electron chi connectivity index (χ3n) is 2.25. The van der Waals surface area contributed by atoms with E-state index in [1.807, 2.05) is 30.3 Å². The van der Waals surface area contributed by atoms with Gasteiger partial charge in [-0.25, -0.2) is 0 Å². The summed E-state index contributed by atoms with van der Waals surface area (Å²) in [6.07, 6.45) is -0.470. The average molecular weight is 209 g/mol. The largest absolute Gasteiger partial charge is 0.341 e. The summed E-state index contributed by atoms with van der Waals surface area (Å²) in [6, 6.07) is 8.65. The molecule has 1 fully saturated rings. The molecule has 2 rings (SSSR count). The van der Waals surface area contributed by atoms with Gasteiger partial charge in [-0.1, -0.05) is 30.3 Å². The summed E-state index contributed by atoms with van der Waals surface area (Å²) in [6.45, 7) is 0.207. The number of hydrogen-bond donors (Lipinski definition) is 0. The number of benzene rings is 1. The second-order valence-corrected chi connectivity index (χ2v) is 3.35. The molecule has 0 amide bonds. The molecule has 0 unspecified atom stereocenters. The van der Waals surface area contributed by atoms with Crippen LogP contribution in [0.5, 0.6) is 0 Å². The molecule has 0 radical (unpaired) electrons. The van der Waals surface area contributed by atoms with E-state index < -0.39 is 12.3 Å². The lowest BCUT2D eigenvalue weighted by Gasteiger charge is -2.25. The molecule has 80 valence electrons. The Balaban J connectivity index is 1.97. The third kappa shape index (κ3) is 2.31. The summed E-state index contributed by atoms with van der Waals surface area (Å²) in [5.41, 5.74) is 0.888. The molecule has 0 atom stereocenters. The fourth-order valence-electron chi connectivity index (χ4n) is 1.42. The lowest BCUT2D eigenvalue weighted by atomic mass is 10.2. The molecule has 1 heterocycles. The van der Waals surface area contributed by atoms with Gasteiger partial charge in [-0.3, -0.25) is 10.1 Å². The normalized spacial score (nSPS) is 26.1. The van der Waals surface area contributed by atoms with Crippen molar-refractivity contribution in [2.75, 3.05) is 13.2 Å². The van der Waals surface area contributed by atoms with Gasteiger partial charge in [0.05, 0.1) is 0 Å². The molecule has 0 spiro atoms. The fourth-order valence-corrected chi connectivity index (χ4v) is 1.42. The van der Waals surface area contributed by atoms with Crippen molar-refractivity contribution in [3.05, 3.63) is 46.0 Å². The Kier molecular flexibility index (Phi) is 2.94. The van der Waals surface area contributed by atoms with E-state index in [1.165, 1.54) is 0 Å². The van der Waals surface area contributed by atoms with Crippen LogP contribution < -0.4 is 0 Å². The minimum Gasteiger partial charge on any atom is -0.341 e. The van der Waals surface area contributed by atoms with Crippen molar-refractivity contribution in [1.29, 1.82) is 0 Å². The van der Waals surface area contributed by atoms with Gasteiger partial charge < -0.3 is 9.47 Å². The highest BCUT2D eigenvalue weighted by atomic mass is 16.7. The van der Waals surface area contributed by atoms with Gasteiger partial charge in [0.1, 0.15) is 13.2 Å². The summed E-state index contributed by atoms with van der Waals surface area (Å²) in [7, 11) is 0. The van der Waals surface area contributed by atoms with Crippen molar-refractivity contribution < 1.29 is 14.4 Å². The highest BCUT2D eigenvalue weighted by Crippen LogP contribution is 2.22. The highest BCUT2D eigenvalue weighted by Gasteiger charge is 2.30. The smallest absolute Gasteiger partial charge is 0.259 e. The molecule has 1 aromatic carbocycles.